The Morgan fingerprint density at radius 3 is 2.73 bits per heavy atom. The number of rotatable bonds is 7. The lowest BCUT2D eigenvalue weighted by Gasteiger charge is -2.36. The predicted octanol–water partition coefficient (Wildman–Crippen LogP) is 1.27. The largest absolute Gasteiger partial charge is 0.385 e. The zero-order chi connectivity index (χ0) is 15.8. The van der Waals surface area contributed by atoms with E-state index >= 15 is 0 Å². The lowest BCUT2D eigenvalue weighted by Crippen LogP contribution is -2.51. The van der Waals surface area contributed by atoms with Crippen molar-refractivity contribution < 1.29 is 9.53 Å². The van der Waals surface area contributed by atoms with Crippen LogP contribution in [0.3, 0.4) is 0 Å². The molecule has 22 heavy (non-hydrogen) atoms. The fourth-order valence-corrected chi connectivity index (χ4v) is 2.69. The van der Waals surface area contributed by atoms with Crippen LogP contribution in [0.5, 0.6) is 0 Å². The van der Waals surface area contributed by atoms with Crippen molar-refractivity contribution in [2.75, 3.05) is 57.9 Å². The van der Waals surface area contributed by atoms with Gasteiger partial charge in [-0.2, -0.15) is 0 Å². The summed E-state index contributed by atoms with van der Waals surface area (Å²) >= 11 is 0. The van der Waals surface area contributed by atoms with Crippen molar-refractivity contribution in [1.82, 2.24) is 10.2 Å². The Labute approximate surface area is 133 Å². The van der Waals surface area contributed by atoms with Crippen LogP contribution in [-0.2, 0) is 9.53 Å². The summed E-state index contributed by atoms with van der Waals surface area (Å²) in [4.78, 5) is 16.4. The molecule has 0 saturated carbocycles. The van der Waals surface area contributed by atoms with E-state index in [4.69, 9.17) is 4.74 Å². The Hall–Kier alpha value is -1.59. The van der Waals surface area contributed by atoms with Gasteiger partial charge in [-0.05, 0) is 37.6 Å². The molecule has 0 unspecified atom stereocenters. The molecule has 1 aromatic rings. The molecule has 122 valence electrons. The molecule has 0 aliphatic carbocycles. The summed E-state index contributed by atoms with van der Waals surface area (Å²) in [6.45, 7) is 7.49. The van der Waals surface area contributed by atoms with Gasteiger partial charge in [0.25, 0.3) is 0 Å². The van der Waals surface area contributed by atoms with Gasteiger partial charge in [-0.3, -0.25) is 4.79 Å². The van der Waals surface area contributed by atoms with Crippen molar-refractivity contribution in [3.8, 4) is 0 Å². The standard InChI is InChI=1S/C17H27N3O2/c1-15-5-3-6-16(13-15)19-8-10-20(11-9-19)17(21)14-18-7-4-12-22-2/h3,5-6,13,18H,4,7-12,14H2,1-2H3. The summed E-state index contributed by atoms with van der Waals surface area (Å²) in [5, 5.41) is 3.18. The molecule has 1 aliphatic heterocycles. The highest BCUT2D eigenvalue weighted by atomic mass is 16.5. The average Bonchev–Trinajstić information content (AvgIpc) is 2.54. The maximum Gasteiger partial charge on any atom is 0.236 e. The molecule has 1 aliphatic rings. The van der Waals surface area contributed by atoms with Crippen LogP contribution in [0.1, 0.15) is 12.0 Å². The summed E-state index contributed by atoms with van der Waals surface area (Å²) < 4.78 is 4.99. The summed E-state index contributed by atoms with van der Waals surface area (Å²) in [5.41, 5.74) is 2.53. The number of amides is 1. The lowest BCUT2D eigenvalue weighted by atomic mass is 10.2. The Morgan fingerprint density at radius 1 is 1.27 bits per heavy atom. The molecule has 2 rings (SSSR count). The first-order valence-electron chi connectivity index (χ1n) is 8.00. The van der Waals surface area contributed by atoms with Crippen LogP contribution in [-0.4, -0.2) is 63.8 Å². The van der Waals surface area contributed by atoms with Crippen molar-refractivity contribution >= 4 is 11.6 Å². The van der Waals surface area contributed by atoms with Crippen molar-refractivity contribution in [3.63, 3.8) is 0 Å². The molecular weight excluding hydrogens is 278 g/mol. The normalized spacial score (nSPS) is 15.2. The van der Waals surface area contributed by atoms with E-state index in [1.54, 1.807) is 7.11 Å². The second kappa shape index (κ2) is 8.76. The molecule has 0 radical (unpaired) electrons. The number of nitrogens with zero attached hydrogens (tertiary/aromatic N) is 2. The van der Waals surface area contributed by atoms with Crippen LogP contribution in [0.4, 0.5) is 5.69 Å². The first-order chi connectivity index (χ1) is 10.7. The number of nitrogens with one attached hydrogen (secondary N) is 1. The van der Waals surface area contributed by atoms with E-state index in [9.17, 15) is 4.79 Å². The molecule has 0 bridgehead atoms. The highest BCUT2D eigenvalue weighted by Crippen LogP contribution is 2.17. The zero-order valence-electron chi connectivity index (χ0n) is 13.7. The highest BCUT2D eigenvalue weighted by molar-refractivity contribution is 5.78. The second-order valence-corrected chi connectivity index (χ2v) is 5.73. The van der Waals surface area contributed by atoms with Gasteiger partial charge in [-0.15, -0.1) is 0 Å². The monoisotopic (exact) mass is 305 g/mol. The predicted molar refractivity (Wildman–Crippen MR) is 89.3 cm³/mol. The van der Waals surface area contributed by atoms with Gasteiger partial charge >= 0.3 is 0 Å². The number of anilines is 1. The van der Waals surface area contributed by atoms with Gasteiger partial charge in [0.15, 0.2) is 0 Å². The van der Waals surface area contributed by atoms with Crippen molar-refractivity contribution in [2.24, 2.45) is 0 Å². The number of hydrogen-bond donors (Lipinski definition) is 1. The maximum atomic E-state index is 12.1. The van der Waals surface area contributed by atoms with E-state index in [0.717, 1.165) is 45.8 Å². The molecule has 1 amide bonds. The summed E-state index contributed by atoms with van der Waals surface area (Å²) in [6, 6.07) is 8.54. The number of carbonyl (C=O) groups excluding carboxylic acids is 1. The molecule has 0 atom stereocenters. The van der Waals surface area contributed by atoms with E-state index in [1.807, 2.05) is 4.90 Å². The summed E-state index contributed by atoms with van der Waals surface area (Å²) in [6.07, 6.45) is 0.935. The van der Waals surface area contributed by atoms with Gasteiger partial charge in [0.05, 0.1) is 6.54 Å². The topological polar surface area (TPSA) is 44.8 Å². The van der Waals surface area contributed by atoms with Crippen LogP contribution in [0.25, 0.3) is 0 Å². The third-order valence-corrected chi connectivity index (χ3v) is 3.98. The van der Waals surface area contributed by atoms with Crippen LogP contribution >= 0.6 is 0 Å². The van der Waals surface area contributed by atoms with Gasteiger partial charge in [-0.1, -0.05) is 12.1 Å². The zero-order valence-corrected chi connectivity index (χ0v) is 13.7. The average molecular weight is 305 g/mol. The number of methoxy groups -OCH3 is 1. The first kappa shape index (κ1) is 16.8. The number of piperazine rings is 1. The van der Waals surface area contributed by atoms with Crippen LogP contribution in [0, 0.1) is 6.92 Å². The smallest absolute Gasteiger partial charge is 0.236 e. The van der Waals surface area contributed by atoms with Crippen molar-refractivity contribution in [3.05, 3.63) is 29.8 Å². The number of ether oxygens (including phenoxy) is 1. The molecular formula is C17H27N3O2. The Bertz CT molecular complexity index is 471. The quantitative estimate of drug-likeness (QED) is 0.771. The second-order valence-electron chi connectivity index (χ2n) is 5.73. The molecule has 0 aromatic heterocycles. The minimum Gasteiger partial charge on any atom is -0.385 e. The summed E-state index contributed by atoms with van der Waals surface area (Å²) in [5.74, 6) is 0.196. The third kappa shape index (κ3) is 5.00. The van der Waals surface area contributed by atoms with Gasteiger partial charge in [0, 0.05) is 45.6 Å². The number of aryl methyl sites for hydroxylation is 1. The molecule has 5 heteroatoms. The SMILES string of the molecule is COCCCNCC(=O)N1CCN(c2cccc(C)c2)CC1. The van der Waals surface area contributed by atoms with E-state index in [1.165, 1.54) is 11.3 Å². The van der Waals surface area contributed by atoms with Crippen LogP contribution in [0.2, 0.25) is 0 Å². The maximum absolute atomic E-state index is 12.1. The van der Waals surface area contributed by atoms with Crippen LogP contribution in [0.15, 0.2) is 24.3 Å². The van der Waals surface area contributed by atoms with Gasteiger partial charge < -0.3 is 19.9 Å². The lowest BCUT2D eigenvalue weighted by molar-refractivity contribution is -0.130. The first-order valence-corrected chi connectivity index (χ1v) is 8.00. The molecule has 1 aromatic carbocycles. The fourth-order valence-electron chi connectivity index (χ4n) is 2.69. The van der Waals surface area contributed by atoms with Crippen molar-refractivity contribution in [2.45, 2.75) is 13.3 Å². The number of benzene rings is 1. The van der Waals surface area contributed by atoms with E-state index in [-0.39, 0.29) is 5.91 Å². The van der Waals surface area contributed by atoms with Gasteiger partial charge in [0.1, 0.15) is 0 Å². The van der Waals surface area contributed by atoms with E-state index < -0.39 is 0 Å². The molecule has 1 fully saturated rings. The van der Waals surface area contributed by atoms with E-state index in [2.05, 4.69) is 41.4 Å². The third-order valence-electron chi connectivity index (χ3n) is 3.98. The Kier molecular flexibility index (Phi) is 6.68. The Balaban J connectivity index is 1.71. The summed E-state index contributed by atoms with van der Waals surface area (Å²) in [7, 11) is 1.69. The van der Waals surface area contributed by atoms with Gasteiger partial charge in [0.2, 0.25) is 5.91 Å². The molecule has 1 heterocycles. The minimum absolute atomic E-state index is 0.196. The molecule has 0 spiro atoms. The van der Waals surface area contributed by atoms with E-state index in [0.29, 0.717) is 6.54 Å². The number of carbonyl (C=O) groups is 1. The molecule has 1 saturated heterocycles. The van der Waals surface area contributed by atoms with Crippen LogP contribution < -0.4 is 10.2 Å². The molecule has 1 N–H and O–H groups in total. The van der Waals surface area contributed by atoms with Gasteiger partial charge in [-0.25, -0.2) is 0 Å². The number of hydrogen-bond acceptors (Lipinski definition) is 4. The molecule has 5 nitrogen and oxygen atoms in total. The Morgan fingerprint density at radius 2 is 2.05 bits per heavy atom. The minimum atomic E-state index is 0.196. The highest BCUT2D eigenvalue weighted by Gasteiger charge is 2.20. The fraction of sp³-hybridized carbons (Fsp3) is 0.588. The van der Waals surface area contributed by atoms with Crippen molar-refractivity contribution in [1.29, 1.82) is 0 Å².